The molecule has 1 aromatic heterocycles. The van der Waals surface area contributed by atoms with Crippen molar-refractivity contribution in [3.05, 3.63) is 17.5 Å². The third kappa shape index (κ3) is 1.66. The van der Waals surface area contributed by atoms with Gasteiger partial charge in [0.1, 0.15) is 5.69 Å². The summed E-state index contributed by atoms with van der Waals surface area (Å²) in [5.41, 5.74) is 5.25. The topological polar surface area (TPSA) is 92.1 Å². The Balaban J connectivity index is 3.08. The summed E-state index contributed by atoms with van der Waals surface area (Å²) >= 11 is 0. The van der Waals surface area contributed by atoms with Crippen LogP contribution in [0.2, 0.25) is 0 Å². The van der Waals surface area contributed by atoms with Gasteiger partial charge in [-0.3, -0.25) is 14.7 Å². The Labute approximate surface area is 74.7 Å². The lowest BCUT2D eigenvalue weighted by Gasteiger charge is -2.08. The summed E-state index contributed by atoms with van der Waals surface area (Å²) in [7, 11) is 3.17. The minimum Gasteiger partial charge on any atom is -0.364 e. The number of H-pyrrole nitrogens is 1. The molecule has 0 saturated carbocycles. The zero-order valence-corrected chi connectivity index (χ0v) is 7.37. The number of hydrogen-bond acceptors (Lipinski definition) is 3. The van der Waals surface area contributed by atoms with Crippen molar-refractivity contribution < 1.29 is 9.59 Å². The van der Waals surface area contributed by atoms with Crippen molar-refractivity contribution >= 4 is 11.8 Å². The van der Waals surface area contributed by atoms with Crippen molar-refractivity contribution in [1.82, 2.24) is 15.1 Å². The van der Waals surface area contributed by atoms with Gasteiger partial charge < -0.3 is 10.6 Å². The van der Waals surface area contributed by atoms with Gasteiger partial charge in [0.15, 0.2) is 0 Å². The molecule has 0 aliphatic rings. The highest BCUT2D eigenvalue weighted by molar-refractivity contribution is 6.05. The number of nitrogens with two attached hydrogens (primary N) is 1. The second kappa shape index (κ2) is 3.26. The first-order valence-corrected chi connectivity index (χ1v) is 3.59. The standard InChI is InChI=1S/C7H10N4O2/c1-11(2)7(13)4-3-9-10-5(4)6(8)12/h3H,1-2H3,(H2,8,12)(H,9,10). The van der Waals surface area contributed by atoms with Gasteiger partial charge in [-0.05, 0) is 0 Å². The number of aromatic nitrogens is 2. The summed E-state index contributed by atoms with van der Waals surface area (Å²) < 4.78 is 0. The van der Waals surface area contributed by atoms with Gasteiger partial charge in [0.2, 0.25) is 0 Å². The smallest absolute Gasteiger partial charge is 0.267 e. The van der Waals surface area contributed by atoms with Crippen LogP contribution in [0.1, 0.15) is 20.8 Å². The van der Waals surface area contributed by atoms with Crippen LogP contribution in [-0.4, -0.2) is 41.0 Å². The Morgan fingerprint density at radius 1 is 1.54 bits per heavy atom. The number of nitrogens with zero attached hydrogens (tertiary/aromatic N) is 2. The Hall–Kier alpha value is -1.85. The first kappa shape index (κ1) is 9.24. The normalized spacial score (nSPS) is 9.69. The van der Waals surface area contributed by atoms with Crippen molar-refractivity contribution in [2.75, 3.05) is 14.1 Å². The van der Waals surface area contributed by atoms with E-state index in [9.17, 15) is 9.59 Å². The van der Waals surface area contributed by atoms with Gasteiger partial charge in [0.05, 0.1) is 11.8 Å². The third-order valence-electron chi connectivity index (χ3n) is 1.52. The van der Waals surface area contributed by atoms with E-state index in [0.717, 1.165) is 0 Å². The summed E-state index contributed by atoms with van der Waals surface area (Å²) in [6.45, 7) is 0. The number of nitrogens with one attached hydrogen (secondary N) is 1. The maximum Gasteiger partial charge on any atom is 0.267 e. The Morgan fingerprint density at radius 3 is 2.62 bits per heavy atom. The van der Waals surface area contributed by atoms with E-state index < -0.39 is 5.91 Å². The molecular formula is C7H10N4O2. The molecule has 1 heterocycles. The largest absolute Gasteiger partial charge is 0.364 e. The second-order valence-corrected chi connectivity index (χ2v) is 2.72. The molecule has 6 nitrogen and oxygen atoms in total. The average molecular weight is 182 g/mol. The minimum atomic E-state index is -0.692. The van der Waals surface area contributed by atoms with Crippen LogP contribution >= 0.6 is 0 Å². The number of primary amides is 1. The third-order valence-corrected chi connectivity index (χ3v) is 1.52. The van der Waals surface area contributed by atoms with Crippen LogP contribution in [0.4, 0.5) is 0 Å². The fraction of sp³-hybridized carbons (Fsp3) is 0.286. The van der Waals surface area contributed by atoms with E-state index in [0.29, 0.717) is 0 Å². The molecule has 0 bridgehead atoms. The summed E-state index contributed by atoms with van der Waals surface area (Å²) in [6, 6.07) is 0. The number of carbonyl (C=O) groups excluding carboxylic acids is 2. The van der Waals surface area contributed by atoms with Gasteiger partial charge >= 0.3 is 0 Å². The van der Waals surface area contributed by atoms with Crippen LogP contribution in [0.25, 0.3) is 0 Å². The maximum absolute atomic E-state index is 11.4. The molecule has 6 heteroatoms. The van der Waals surface area contributed by atoms with Crippen LogP contribution in [0.5, 0.6) is 0 Å². The summed E-state index contributed by atoms with van der Waals surface area (Å²) in [5, 5.41) is 5.94. The van der Waals surface area contributed by atoms with E-state index in [2.05, 4.69) is 10.2 Å². The van der Waals surface area contributed by atoms with Crippen LogP contribution in [-0.2, 0) is 0 Å². The highest BCUT2D eigenvalue weighted by atomic mass is 16.2. The van der Waals surface area contributed by atoms with Crippen LogP contribution in [0, 0.1) is 0 Å². The van der Waals surface area contributed by atoms with E-state index in [4.69, 9.17) is 5.73 Å². The van der Waals surface area contributed by atoms with E-state index in [1.165, 1.54) is 11.1 Å². The molecule has 0 aromatic carbocycles. The lowest BCUT2D eigenvalue weighted by atomic mass is 10.2. The Morgan fingerprint density at radius 2 is 2.15 bits per heavy atom. The van der Waals surface area contributed by atoms with E-state index >= 15 is 0 Å². The lowest BCUT2D eigenvalue weighted by Crippen LogP contribution is -2.25. The molecule has 0 aliphatic heterocycles. The van der Waals surface area contributed by atoms with E-state index in [1.807, 2.05) is 0 Å². The Bertz CT molecular complexity index is 342. The van der Waals surface area contributed by atoms with E-state index in [1.54, 1.807) is 14.1 Å². The molecule has 13 heavy (non-hydrogen) atoms. The lowest BCUT2D eigenvalue weighted by molar-refractivity contribution is 0.0820. The van der Waals surface area contributed by atoms with Gasteiger partial charge in [0.25, 0.3) is 11.8 Å². The predicted octanol–water partition coefficient (Wildman–Crippen LogP) is -0.790. The van der Waals surface area contributed by atoms with Gasteiger partial charge in [0, 0.05) is 14.1 Å². The van der Waals surface area contributed by atoms with Crippen LogP contribution in [0.15, 0.2) is 6.20 Å². The number of amides is 2. The molecule has 1 aromatic rings. The molecule has 2 amide bonds. The summed E-state index contributed by atoms with van der Waals surface area (Å²) in [6.07, 6.45) is 1.28. The maximum atomic E-state index is 11.4. The number of aromatic amines is 1. The van der Waals surface area contributed by atoms with Gasteiger partial charge in [-0.15, -0.1) is 0 Å². The van der Waals surface area contributed by atoms with Crippen LogP contribution in [0.3, 0.4) is 0 Å². The molecule has 0 fully saturated rings. The van der Waals surface area contributed by atoms with Crippen molar-refractivity contribution in [2.24, 2.45) is 5.73 Å². The quantitative estimate of drug-likeness (QED) is 0.627. The van der Waals surface area contributed by atoms with Crippen LogP contribution < -0.4 is 5.73 Å². The Kier molecular flexibility index (Phi) is 2.32. The predicted molar refractivity (Wildman–Crippen MR) is 45.1 cm³/mol. The highest BCUT2D eigenvalue weighted by Gasteiger charge is 2.18. The van der Waals surface area contributed by atoms with Gasteiger partial charge in [-0.1, -0.05) is 0 Å². The fourth-order valence-corrected chi connectivity index (χ4v) is 0.877. The molecule has 0 radical (unpaired) electrons. The monoisotopic (exact) mass is 182 g/mol. The SMILES string of the molecule is CN(C)C(=O)c1cn[nH]c1C(N)=O. The number of hydrogen-bond donors (Lipinski definition) is 2. The summed E-state index contributed by atoms with van der Waals surface area (Å²) in [4.78, 5) is 23.5. The molecule has 0 saturated heterocycles. The molecule has 3 N–H and O–H groups in total. The molecule has 1 rings (SSSR count). The average Bonchev–Trinajstić information content (AvgIpc) is 2.50. The molecule has 70 valence electrons. The molecule has 0 atom stereocenters. The second-order valence-electron chi connectivity index (χ2n) is 2.72. The number of rotatable bonds is 2. The summed E-state index contributed by atoms with van der Waals surface area (Å²) in [5.74, 6) is -0.995. The fourth-order valence-electron chi connectivity index (χ4n) is 0.877. The van der Waals surface area contributed by atoms with Crippen molar-refractivity contribution in [2.45, 2.75) is 0 Å². The van der Waals surface area contributed by atoms with Crippen molar-refractivity contribution in [3.63, 3.8) is 0 Å². The van der Waals surface area contributed by atoms with Crippen molar-refractivity contribution in [3.8, 4) is 0 Å². The number of carbonyl (C=O) groups is 2. The zero-order chi connectivity index (χ0) is 10.0. The molecule has 0 unspecified atom stereocenters. The minimum absolute atomic E-state index is 0.0405. The highest BCUT2D eigenvalue weighted by Crippen LogP contribution is 2.05. The zero-order valence-electron chi connectivity index (χ0n) is 7.37. The first-order chi connectivity index (χ1) is 6.04. The van der Waals surface area contributed by atoms with Crippen molar-refractivity contribution in [1.29, 1.82) is 0 Å². The first-order valence-electron chi connectivity index (χ1n) is 3.59. The van der Waals surface area contributed by atoms with Gasteiger partial charge in [-0.25, -0.2) is 0 Å². The van der Waals surface area contributed by atoms with Gasteiger partial charge in [-0.2, -0.15) is 5.10 Å². The molecule has 0 spiro atoms. The molecular weight excluding hydrogens is 172 g/mol. The molecule has 0 aliphatic carbocycles. The van der Waals surface area contributed by atoms with E-state index in [-0.39, 0.29) is 17.2 Å².